The van der Waals surface area contributed by atoms with E-state index in [9.17, 15) is 31.5 Å². The van der Waals surface area contributed by atoms with E-state index < -0.39 is 35.3 Å². The third kappa shape index (κ3) is 3.44. The first-order valence-corrected chi connectivity index (χ1v) is 8.92. The highest BCUT2D eigenvalue weighted by molar-refractivity contribution is 5.86. The van der Waals surface area contributed by atoms with E-state index in [1.165, 1.54) is 22.6 Å². The number of aromatic amines is 1. The van der Waals surface area contributed by atoms with Crippen LogP contribution in [0.2, 0.25) is 0 Å². The lowest BCUT2D eigenvalue weighted by molar-refractivity contribution is -0.140. The van der Waals surface area contributed by atoms with Gasteiger partial charge in [-0.25, -0.2) is 18.6 Å². The number of carbonyl (C=O) groups excluding carboxylic acids is 1. The predicted octanol–water partition coefficient (Wildman–Crippen LogP) is 2.81. The summed E-state index contributed by atoms with van der Waals surface area (Å²) in [6.07, 6.45) is -6.33. The molecule has 1 amide bonds. The van der Waals surface area contributed by atoms with E-state index in [4.69, 9.17) is 0 Å². The number of benzene rings is 1. The quantitative estimate of drug-likeness (QED) is 0.655. The Kier molecular flexibility index (Phi) is 4.63. The Balaban J connectivity index is 1.85. The maximum Gasteiger partial charge on any atom is 0.419 e. The summed E-state index contributed by atoms with van der Waals surface area (Å²) in [5.41, 5.74) is -1.27. The number of aryl methyl sites for hydroxylation is 1. The van der Waals surface area contributed by atoms with Crippen molar-refractivity contribution in [1.29, 1.82) is 0 Å². The lowest BCUT2D eigenvalue weighted by Gasteiger charge is -2.34. The molecule has 0 unspecified atom stereocenters. The summed E-state index contributed by atoms with van der Waals surface area (Å²) in [6, 6.07) is 3.86. The van der Waals surface area contributed by atoms with Gasteiger partial charge in [-0.15, -0.1) is 0 Å². The summed E-state index contributed by atoms with van der Waals surface area (Å²) in [5.74, 6) is -1.88. The van der Waals surface area contributed by atoms with Gasteiger partial charge in [0.15, 0.2) is 5.65 Å². The highest BCUT2D eigenvalue weighted by atomic mass is 19.4. The van der Waals surface area contributed by atoms with Crippen LogP contribution in [0.3, 0.4) is 0 Å². The number of aromatic nitrogens is 3. The minimum Gasteiger partial charge on any atom is -0.336 e. The Morgan fingerprint density at radius 2 is 1.97 bits per heavy atom. The number of hydrogen-bond acceptors (Lipinski definition) is 3. The Morgan fingerprint density at radius 3 is 2.60 bits per heavy atom. The average molecular weight is 426 g/mol. The number of halogens is 5. The topological polar surface area (TPSA) is 71.0 Å². The van der Waals surface area contributed by atoms with Gasteiger partial charge in [0.25, 0.3) is 0 Å². The van der Waals surface area contributed by atoms with Gasteiger partial charge in [-0.1, -0.05) is 6.07 Å². The minimum atomic E-state index is -4.91. The molecule has 1 N–H and O–H groups in total. The molecular weight excluding hydrogens is 411 g/mol. The first kappa shape index (κ1) is 20.0. The molecule has 0 spiro atoms. The number of nitrogens with zero attached hydrogens (tertiary/aromatic N) is 3. The molecular formula is C19H15F5N4O2. The number of carbonyl (C=O) groups is 1. The van der Waals surface area contributed by atoms with Crippen molar-refractivity contribution in [3.05, 3.63) is 51.8 Å². The molecule has 30 heavy (non-hydrogen) atoms. The Morgan fingerprint density at radius 1 is 1.27 bits per heavy atom. The summed E-state index contributed by atoms with van der Waals surface area (Å²) in [4.78, 5) is 32.4. The van der Waals surface area contributed by atoms with E-state index >= 15 is 0 Å². The molecule has 0 aliphatic carbocycles. The van der Waals surface area contributed by atoms with Gasteiger partial charge in [-0.2, -0.15) is 13.2 Å². The van der Waals surface area contributed by atoms with E-state index in [1.807, 2.05) is 0 Å². The van der Waals surface area contributed by atoms with Gasteiger partial charge in [0, 0.05) is 12.6 Å². The molecule has 11 heteroatoms. The molecule has 3 aromatic rings. The predicted molar refractivity (Wildman–Crippen MR) is 96.9 cm³/mol. The molecule has 0 radical (unpaired) electrons. The number of imidazole rings is 1. The second-order valence-electron chi connectivity index (χ2n) is 7.11. The lowest BCUT2D eigenvalue weighted by atomic mass is 9.98. The van der Waals surface area contributed by atoms with Crippen molar-refractivity contribution in [3.8, 4) is 11.1 Å². The number of nitrogens with one attached hydrogen (secondary N) is 1. The van der Waals surface area contributed by atoms with Crippen LogP contribution < -0.4 is 5.69 Å². The van der Waals surface area contributed by atoms with Gasteiger partial charge in [0.1, 0.15) is 12.0 Å². The number of H-pyrrole nitrogens is 1. The number of fused-ring (bicyclic) bond motifs is 1. The fourth-order valence-corrected chi connectivity index (χ4v) is 3.36. The van der Waals surface area contributed by atoms with Crippen molar-refractivity contribution in [2.75, 3.05) is 13.1 Å². The van der Waals surface area contributed by atoms with Crippen molar-refractivity contribution >= 4 is 17.1 Å². The van der Waals surface area contributed by atoms with E-state index in [1.54, 1.807) is 0 Å². The van der Waals surface area contributed by atoms with Crippen LogP contribution in [0.15, 0.2) is 29.1 Å². The van der Waals surface area contributed by atoms with Crippen molar-refractivity contribution < 1.29 is 26.7 Å². The standard InChI is InChI=1S/C19H15F5N4O2/c1-27-17-15(26-18(27)30)5-11(9-2-3-13(21)12(4-9)19(22,23)24)14(25-17)6-16(29)28-7-10(20)8-28/h2-5,10H,6-8H2,1H3,(H,26,30). The number of pyridine rings is 1. The molecule has 3 heterocycles. The van der Waals surface area contributed by atoms with Gasteiger partial charge < -0.3 is 9.88 Å². The Hall–Kier alpha value is -3.24. The van der Waals surface area contributed by atoms with E-state index in [-0.39, 0.29) is 47.5 Å². The van der Waals surface area contributed by atoms with E-state index in [0.29, 0.717) is 12.1 Å². The normalized spacial score (nSPS) is 14.9. The fraction of sp³-hybridized carbons (Fsp3) is 0.316. The van der Waals surface area contributed by atoms with Crippen LogP contribution in [0, 0.1) is 5.82 Å². The molecule has 4 rings (SSSR count). The molecule has 1 aliphatic heterocycles. The first-order chi connectivity index (χ1) is 14.0. The number of alkyl halides is 4. The smallest absolute Gasteiger partial charge is 0.336 e. The molecule has 1 fully saturated rings. The third-order valence-corrected chi connectivity index (χ3v) is 5.04. The van der Waals surface area contributed by atoms with E-state index in [0.717, 1.165) is 6.07 Å². The van der Waals surface area contributed by atoms with Gasteiger partial charge >= 0.3 is 11.9 Å². The maximum absolute atomic E-state index is 13.7. The Bertz CT molecular complexity index is 1210. The summed E-state index contributed by atoms with van der Waals surface area (Å²) < 4.78 is 67.5. The SMILES string of the molecule is Cn1c(=O)[nH]c2cc(-c3ccc(F)c(C(F)(F)F)c3)c(CC(=O)N3CC(F)C3)nc21. The van der Waals surface area contributed by atoms with Crippen LogP contribution in [0.1, 0.15) is 11.3 Å². The van der Waals surface area contributed by atoms with Gasteiger partial charge in [0.2, 0.25) is 5.91 Å². The van der Waals surface area contributed by atoms with Crippen LogP contribution in [0.5, 0.6) is 0 Å². The van der Waals surface area contributed by atoms with Crippen molar-refractivity contribution in [2.24, 2.45) is 7.05 Å². The third-order valence-electron chi connectivity index (χ3n) is 5.04. The average Bonchev–Trinajstić information content (AvgIpc) is 2.91. The summed E-state index contributed by atoms with van der Waals surface area (Å²) in [6.45, 7) is -0.123. The van der Waals surface area contributed by atoms with E-state index in [2.05, 4.69) is 9.97 Å². The summed E-state index contributed by atoms with van der Waals surface area (Å²) in [5, 5.41) is 0. The van der Waals surface area contributed by atoms with Crippen LogP contribution in [0.4, 0.5) is 22.0 Å². The minimum absolute atomic E-state index is 0.0161. The number of likely N-dealkylation sites (tertiary alicyclic amines) is 1. The summed E-state index contributed by atoms with van der Waals surface area (Å²) >= 11 is 0. The molecule has 158 valence electrons. The molecule has 1 saturated heterocycles. The van der Waals surface area contributed by atoms with Crippen LogP contribution in [0.25, 0.3) is 22.3 Å². The highest BCUT2D eigenvalue weighted by Gasteiger charge is 2.35. The van der Waals surface area contributed by atoms with Crippen molar-refractivity contribution in [1.82, 2.24) is 19.4 Å². The zero-order chi connectivity index (χ0) is 21.8. The lowest BCUT2D eigenvalue weighted by Crippen LogP contribution is -2.52. The van der Waals surface area contributed by atoms with Crippen LogP contribution in [-0.2, 0) is 24.4 Å². The molecule has 1 aliphatic rings. The number of rotatable bonds is 3. The van der Waals surface area contributed by atoms with Gasteiger partial charge in [-0.05, 0) is 23.8 Å². The van der Waals surface area contributed by atoms with Crippen LogP contribution in [-0.4, -0.2) is 44.6 Å². The second kappa shape index (κ2) is 6.92. The highest BCUT2D eigenvalue weighted by Crippen LogP contribution is 2.35. The Labute approximate surface area is 165 Å². The molecule has 0 bridgehead atoms. The van der Waals surface area contributed by atoms with Crippen molar-refractivity contribution in [2.45, 2.75) is 18.8 Å². The summed E-state index contributed by atoms with van der Waals surface area (Å²) in [7, 11) is 1.45. The van der Waals surface area contributed by atoms with Crippen LogP contribution >= 0.6 is 0 Å². The zero-order valence-electron chi connectivity index (χ0n) is 15.6. The monoisotopic (exact) mass is 426 g/mol. The molecule has 1 aromatic carbocycles. The van der Waals surface area contributed by atoms with Crippen molar-refractivity contribution in [3.63, 3.8) is 0 Å². The molecule has 0 atom stereocenters. The number of hydrogen-bond donors (Lipinski definition) is 1. The largest absolute Gasteiger partial charge is 0.419 e. The molecule has 0 saturated carbocycles. The zero-order valence-corrected chi connectivity index (χ0v) is 15.6. The second-order valence-corrected chi connectivity index (χ2v) is 7.11. The molecule has 2 aromatic heterocycles. The number of amides is 1. The first-order valence-electron chi connectivity index (χ1n) is 8.92. The fourth-order valence-electron chi connectivity index (χ4n) is 3.36. The maximum atomic E-state index is 13.7. The van der Waals surface area contributed by atoms with Gasteiger partial charge in [0.05, 0.1) is 36.3 Å². The van der Waals surface area contributed by atoms with Gasteiger partial charge in [-0.3, -0.25) is 9.36 Å². The molecule has 6 nitrogen and oxygen atoms in total.